The normalized spacial score (nSPS) is 10.6. The Hall–Kier alpha value is -1.06. The maximum absolute atomic E-state index is 10.3. The molecule has 0 atom stereocenters. The van der Waals surface area contributed by atoms with Crippen molar-refractivity contribution in [3.8, 4) is 0 Å². The van der Waals surface area contributed by atoms with Crippen molar-refractivity contribution in [1.82, 2.24) is 0 Å². The van der Waals surface area contributed by atoms with Gasteiger partial charge in [-0.05, 0) is 12.8 Å². The lowest BCUT2D eigenvalue weighted by Gasteiger charge is -2.03. The molecule has 0 amide bonds. The van der Waals surface area contributed by atoms with E-state index in [1.54, 1.807) is 0 Å². The summed E-state index contributed by atoms with van der Waals surface area (Å²) in [5.74, 6) is -1.31. The molecule has 0 aliphatic carbocycles. The molecule has 0 saturated carbocycles. The van der Waals surface area contributed by atoms with Gasteiger partial charge in [-0.15, -0.1) is 0 Å². The molecule has 0 saturated heterocycles. The Labute approximate surface area is 206 Å². The van der Waals surface area contributed by atoms with Crippen LogP contribution in [0.25, 0.3) is 0 Å². The van der Waals surface area contributed by atoms with E-state index < -0.39 is 11.9 Å². The number of hydrogen-bond acceptors (Lipinski definition) is 2. The lowest BCUT2D eigenvalue weighted by molar-refractivity contribution is -0.138. The van der Waals surface area contributed by atoms with E-state index >= 15 is 0 Å². The molecule has 0 fully saturated rings. The van der Waals surface area contributed by atoms with Gasteiger partial charge in [-0.2, -0.15) is 0 Å². The second kappa shape index (κ2) is 30.9. The first kappa shape index (κ1) is 34.1. The Bertz CT molecular complexity index is 395. The highest BCUT2D eigenvalue weighted by Crippen LogP contribution is 2.13. The molecule has 0 aromatic heterocycles. The van der Waals surface area contributed by atoms with Crippen molar-refractivity contribution in [1.29, 1.82) is 0 Å². The highest BCUT2D eigenvalue weighted by Gasteiger charge is 1.97. The Balaban J connectivity index is 0. The summed E-state index contributed by atoms with van der Waals surface area (Å²) in [6, 6.07) is 0. The molecular formula is C29H58O4. The Morgan fingerprint density at radius 1 is 0.364 bits per heavy atom. The van der Waals surface area contributed by atoms with E-state index in [-0.39, 0.29) is 0 Å². The van der Waals surface area contributed by atoms with E-state index in [0.717, 1.165) is 25.7 Å². The molecule has 0 aromatic carbocycles. The topological polar surface area (TPSA) is 74.6 Å². The SMILES string of the molecule is CCCCCCCCCCC(=O)O.CCCCCCCCCCCCCCCCCC(=O)O. The third kappa shape index (κ3) is 38.5. The highest BCUT2D eigenvalue weighted by atomic mass is 16.4. The Kier molecular flexibility index (Phi) is 32.0. The minimum atomic E-state index is -0.661. The van der Waals surface area contributed by atoms with Gasteiger partial charge in [0.05, 0.1) is 0 Å². The van der Waals surface area contributed by atoms with Crippen LogP contribution in [0.3, 0.4) is 0 Å². The minimum Gasteiger partial charge on any atom is -0.481 e. The van der Waals surface area contributed by atoms with Crippen LogP contribution in [-0.2, 0) is 9.59 Å². The molecule has 33 heavy (non-hydrogen) atoms. The monoisotopic (exact) mass is 470 g/mol. The minimum absolute atomic E-state index is 0.342. The van der Waals surface area contributed by atoms with Gasteiger partial charge in [0, 0.05) is 12.8 Å². The number of unbranched alkanes of at least 4 members (excludes halogenated alkanes) is 21. The zero-order chi connectivity index (χ0) is 24.8. The fourth-order valence-corrected chi connectivity index (χ4v) is 4.06. The number of carboxylic acid groups (broad SMARTS) is 2. The van der Waals surface area contributed by atoms with Crippen molar-refractivity contribution in [3.63, 3.8) is 0 Å². The molecule has 0 bridgehead atoms. The van der Waals surface area contributed by atoms with Crippen molar-refractivity contribution in [2.24, 2.45) is 0 Å². The zero-order valence-corrected chi connectivity index (χ0v) is 22.4. The van der Waals surface area contributed by atoms with Crippen LogP contribution in [0.15, 0.2) is 0 Å². The van der Waals surface area contributed by atoms with Gasteiger partial charge in [0.1, 0.15) is 0 Å². The van der Waals surface area contributed by atoms with Gasteiger partial charge in [-0.3, -0.25) is 9.59 Å². The number of carbonyl (C=O) groups is 2. The van der Waals surface area contributed by atoms with Crippen LogP contribution in [0.4, 0.5) is 0 Å². The first-order chi connectivity index (χ1) is 16.0. The van der Waals surface area contributed by atoms with Gasteiger partial charge in [0.25, 0.3) is 0 Å². The van der Waals surface area contributed by atoms with E-state index in [4.69, 9.17) is 10.2 Å². The Morgan fingerprint density at radius 3 is 0.727 bits per heavy atom. The molecule has 0 aliphatic heterocycles. The van der Waals surface area contributed by atoms with Gasteiger partial charge in [-0.1, -0.05) is 149 Å². The van der Waals surface area contributed by atoms with Crippen molar-refractivity contribution in [2.45, 2.75) is 174 Å². The standard InChI is InChI=1S/C18H36O2.C11H22O2/c1-2-3-4-5-6-7-8-9-10-11-12-13-14-15-16-17-18(19)20;1-2-3-4-5-6-7-8-9-10-11(12)13/h2-17H2,1H3,(H,19,20);2-10H2,1H3,(H,12,13). The maximum atomic E-state index is 10.3. The van der Waals surface area contributed by atoms with E-state index in [0.29, 0.717) is 12.8 Å². The smallest absolute Gasteiger partial charge is 0.303 e. The molecule has 0 aliphatic rings. The van der Waals surface area contributed by atoms with E-state index in [1.165, 1.54) is 122 Å². The molecule has 4 heteroatoms. The second-order valence-electron chi connectivity index (χ2n) is 9.71. The van der Waals surface area contributed by atoms with Gasteiger partial charge >= 0.3 is 11.9 Å². The van der Waals surface area contributed by atoms with E-state index in [9.17, 15) is 9.59 Å². The fraction of sp³-hybridized carbons (Fsp3) is 0.931. The van der Waals surface area contributed by atoms with E-state index in [2.05, 4.69) is 13.8 Å². The third-order valence-electron chi connectivity index (χ3n) is 6.24. The summed E-state index contributed by atoms with van der Waals surface area (Å²) in [6.45, 7) is 4.49. The van der Waals surface area contributed by atoms with Crippen LogP contribution in [0, 0.1) is 0 Å². The molecule has 0 aromatic rings. The van der Waals surface area contributed by atoms with Crippen LogP contribution < -0.4 is 0 Å². The third-order valence-corrected chi connectivity index (χ3v) is 6.24. The number of aliphatic carboxylic acids is 2. The predicted molar refractivity (Wildman–Crippen MR) is 142 cm³/mol. The lowest BCUT2D eigenvalue weighted by Crippen LogP contribution is -1.93. The summed E-state index contributed by atoms with van der Waals surface area (Å²) in [7, 11) is 0. The first-order valence-corrected chi connectivity index (χ1v) is 14.5. The maximum Gasteiger partial charge on any atom is 0.303 e. The molecule has 198 valence electrons. The molecule has 0 unspecified atom stereocenters. The van der Waals surface area contributed by atoms with E-state index in [1.807, 2.05) is 0 Å². The van der Waals surface area contributed by atoms with Crippen molar-refractivity contribution in [3.05, 3.63) is 0 Å². The number of rotatable bonds is 25. The van der Waals surface area contributed by atoms with Crippen molar-refractivity contribution in [2.75, 3.05) is 0 Å². The highest BCUT2D eigenvalue weighted by molar-refractivity contribution is 5.66. The number of carboxylic acids is 2. The average Bonchev–Trinajstić information content (AvgIpc) is 2.78. The molecule has 2 N–H and O–H groups in total. The van der Waals surface area contributed by atoms with Crippen molar-refractivity contribution >= 4 is 11.9 Å². The summed E-state index contributed by atoms with van der Waals surface area (Å²) in [5, 5.41) is 16.9. The molecular weight excluding hydrogens is 412 g/mol. The number of hydrogen-bond donors (Lipinski definition) is 2. The van der Waals surface area contributed by atoms with Crippen LogP contribution in [0.2, 0.25) is 0 Å². The average molecular weight is 471 g/mol. The van der Waals surface area contributed by atoms with Crippen LogP contribution in [0.1, 0.15) is 174 Å². The largest absolute Gasteiger partial charge is 0.481 e. The molecule has 0 rings (SSSR count). The fourth-order valence-electron chi connectivity index (χ4n) is 4.06. The van der Waals surface area contributed by atoms with Gasteiger partial charge in [0.15, 0.2) is 0 Å². The molecule has 0 heterocycles. The first-order valence-electron chi connectivity index (χ1n) is 14.5. The quantitative estimate of drug-likeness (QED) is 0.130. The second-order valence-corrected chi connectivity index (χ2v) is 9.71. The van der Waals surface area contributed by atoms with Gasteiger partial charge in [0.2, 0.25) is 0 Å². The van der Waals surface area contributed by atoms with Gasteiger partial charge in [-0.25, -0.2) is 0 Å². The molecule has 0 spiro atoms. The molecule has 0 radical (unpaired) electrons. The molecule has 4 nitrogen and oxygen atoms in total. The van der Waals surface area contributed by atoms with Crippen LogP contribution >= 0.6 is 0 Å². The van der Waals surface area contributed by atoms with Crippen LogP contribution in [-0.4, -0.2) is 22.2 Å². The summed E-state index contributed by atoms with van der Waals surface area (Å²) in [5.41, 5.74) is 0. The predicted octanol–water partition coefficient (Wildman–Crippen LogP) is 9.93. The van der Waals surface area contributed by atoms with Gasteiger partial charge < -0.3 is 10.2 Å². The Morgan fingerprint density at radius 2 is 0.545 bits per heavy atom. The van der Waals surface area contributed by atoms with Crippen molar-refractivity contribution < 1.29 is 19.8 Å². The van der Waals surface area contributed by atoms with Crippen LogP contribution in [0.5, 0.6) is 0 Å². The summed E-state index contributed by atoms with van der Waals surface area (Å²) >= 11 is 0. The lowest BCUT2D eigenvalue weighted by atomic mass is 10.0. The summed E-state index contributed by atoms with van der Waals surface area (Å²) in [4.78, 5) is 20.5. The summed E-state index contributed by atoms with van der Waals surface area (Å²) < 4.78 is 0. The summed E-state index contributed by atoms with van der Waals surface area (Å²) in [6.07, 6.45) is 30.3. The zero-order valence-electron chi connectivity index (χ0n) is 22.4.